The lowest BCUT2D eigenvalue weighted by atomic mass is 10.1. The molecule has 0 fully saturated rings. The van der Waals surface area contributed by atoms with Crippen molar-refractivity contribution in [1.29, 1.82) is 0 Å². The largest absolute Gasteiger partial charge is 0.412 e. The van der Waals surface area contributed by atoms with Crippen molar-refractivity contribution in [3.8, 4) is 0 Å². The van der Waals surface area contributed by atoms with E-state index in [-0.39, 0.29) is 17.2 Å². The molecule has 2 rings (SSSR count). The molecule has 0 aromatic heterocycles. The summed E-state index contributed by atoms with van der Waals surface area (Å²) in [7, 11) is -1.82. The summed E-state index contributed by atoms with van der Waals surface area (Å²) in [5, 5.41) is 3.89. The van der Waals surface area contributed by atoms with Crippen LogP contribution in [0.15, 0.2) is 66.7 Å². The minimum absolute atomic E-state index is 0.106. The molecule has 2 aromatic rings. The highest BCUT2D eigenvalue weighted by Crippen LogP contribution is 2.37. The molecule has 0 spiro atoms. The number of benzene rings is 2. The van der Waals surface area contributed by atoms with Crippen molar-refractivity contribution < 1.29 is 4.43 Å². The van der Waals surface area contributed by atoms with Gasteiger partial charge in [0.05, 0.1) is 12.1 Å². The second-order valence-electron chi connectivity index (χ2n) is 8.75. The van der Waals surface area contributed by atoms with Gasteiger partial charge in [0.2, 0.25) is 0 Å². The molecular formula is C24H35NOSi. The Hall–Kier alpha value is -1.68. The summed E-state index contributed by atoms with van der Waals surface area (Å²) in [5.41, 5.74) is 2.50. The highest BCUT2D eigenvalue weighted by Gasteiger charge is 2.39. The molecule has 0 aliphatic rings. The Morgan fingerprint density at radius 2 is 1.52 bits per heavy atom. The first kappa shape index (κ1) is 21.6. The first-order valence-corrected chi connectivity index (χ1v) is 12.8. The maximum atomic E-state index is 6.67. The van der Waals surface area contributed by atoms with Gasteiger partial charge in [-0.25, -0.2) is 0 Å². The Balaban J connectivity index is 2.13. The average molecular weight is 382 g/mol. The van der Waals surface area contributed by atoms with Crippen LogP contribution in [-0.2, 0) is 11.0 Å². The summed E-state index contributed by atoms with van der Waals surface area (Å²) in [6.45, 7) is 14.5. The van der Waals surface area contributed by atoms with Crippen molar-refractivity contribution in [2.45, 2.75) is 64.5 Å². The minimum Gasteiger partial charge on any atom is -0.412 e. The van der Waals surface area contributed by atoms with Crippen LogP contribution in [-0.4, -0.2) is 20.5 Å². The number of rotatable bonds is 8. The van der Waals surface area contributed by atoms with Gasteiger partial charge >= 0.3 is 0 Å². The molecule has 0 aliphatic heterocycles. The van der Waals surface area contributed by atoms with E-state index in [1.807, 2.05) is 6.07 Å². The van der Waals surface area contributed by atoms with E-state index in [1.54, 1.807) is 0 Å². The molecule has 146 valence electrons. The lowest BCUT2D eigenvalue weighted by molar-refractivity contribution is 0.170. The summed E-state index contributed by atoms with van der Waals surface area (Å²) in [5.74, 6) is 0. The zero-order valence-corrected chi connectivity index (χ0v) is 18.7. The normalized spacial score (nSPS) is 15.0. The lowest BCUT2D eigenvalue weighted by Gasteiger charge is -2.40. The molecule has 2 atom stereocenters. The van der Waals surface area contributed by atoms with Crippen LogP contribution in [0.2, 0.25) is 18.1 Å². The molecule has 0 saturated carbocycles. The first-order valence-electron chi connectivity index (χ1n) is 9.87. The van der Waals surface area contributed by atoms with Crippen LogP contribution in [0.4, 0.5) is 0 Å². The molecule has 0 aliphatic carbocycles. The summed E-state index contributed by atoms with van der Waals surface area (Å²) in [6, 6.07) is 21.1. The molecular weight excluding hydrogens is 346 g/mol. The van der Waals surface area contributed by atoms with Crippen molar-refractivity contribution >= 4 is 14.4 Å². The molecule has 3 heteroatoms. The standard InChI is InChI=1S/C24H35NOSi/c1-20(26-27(5,6)24(2,3)4)23(18-17-21-13-9-7-10-14-21)25-19-22-15-11-8-12-16-22/h7-18,20,23,25H,19H2,1-6H3/b18-17+/t20-,23-/m0/s1. The topological polar surface area (TPSA) is 21.3 Å². The summed E-state index contributed by atoms with van der Waals surface area (Å²) in [6.07, 6.45) is 4.54. The van der Waals surface area contributed by atoms with Gasteiger partial charge in [0, 0.05) is 6.54 Å². The molecule has 2 nitrogen and oxygen atoms in total. The van der Waals surface area contributed by atoms with Crippen LogP contribution in [0.3, 0.4) is 0 Å². The lowest BCUT2D eigenvalue weighted by Crippen LogP contribution is -2.48. The highest BCUT2D eigenvalue weighted by molar-refractivity contribution is 6.74. The van der Waals surface area contributed by atoms with E-state index in [0.29, 0.717) is 0 Å². The maximum absolute atomic E-state index is 6.67. The van der Waals surface area contributed by atoms with E-state index >= 15 is 0 Å². The van der Waals surface area contributed by atoms with Crippen molar-refractivity contribution in [2.24, 2.45) is 0 Å². The second kappa shape index (κ2) is 9.49. The van der Waals surface area contributed by atoms with Crippen molar-refractivity contribution in [1.82, 2.24) is 5.32 Å². The monoisotopic (exact) mass is 381 g/mol. The first-order chi connectivity index (χ1) is 12.7. The van der Waals surface area contributed by atoms with Crippen LogP contribution in [0.1, 0.15) is 38.8 Å². The van der Waals surface area contributed by atoms with E-state index in [9.17, 15) is 0 Å². The zero-order chi connectivity index (χ0) is 19.9. The van der Waals surface area contributed by atoms with Crippen LogP contribution < -0.4 is 5.32 Å². The summed E-state index contributed by atoms with van der Waals surface area (Å²) in [4.78, 5) is 0. The Labute approximate surface area is 166 Å². The molecule has 0 bridgehead atoms. The minimum atomic E-state index is -1.82. The SMILES string of the molecule is C[C@H](O[Si](C)(C)C(C)(C)C)[C@H](/C=C/c1ccccc1)NCc1ccccc1. The third-order valence-electron chi connectivity index (χ3n) is 5.47. The van der Waals surface area contributed by atoms with E-state index in [4.69, 9.17) is 4.43 Å². The van der Waals surface area contributed by atoms with Crippen molar-refractivity contribution in [3.63, 3.8) is 0 Å². The van der Waals surface area contributed by atoms with Gasteiger partial charge in [-0.15, -0.1) is 0 Å². The Morgan fingerprint density at radius 3 is 2.07 bits per heavy atom. The molecule has 1 N–H and O–H groups in total. The van der Waals surface area contributed by atoms with Gasteiger partial charge < -0.3 is 9.74 Å². The van der Waals surface area contributed by atoms with Crippen LogP contribution in [0.25, 0.3) is 6.08 Å². The second-order valence-corrected chi connectivity index (χ2v) is 13.5. The highest BCUT2D eigenvalue weighted by atomic mass is 28.4. The van der Waals surface area contributed by atoms with Gasteiger partial charge in [0.15, 0.2) is 8.32 Å². The number of hydrogen-bond acceptors (Lipinski definition) is 2. The van der Waals surface area contributed by atoms with E-state index < -0.39 is 8.32 Å². The van der Waals surface area contributed by atoms with Crippen molar-refractivity contribution in [3.05, 3.63) is 77.9 Å². The molecule has 2 aromatic carbocycles. The molecule has 0 amide bonds. The third-order valence-corrected chi connectivity index (χ3v) is 10.0. The Kier molecular flexibility index (Phi) is 7.60. The fourth-order valence-corrected chi connectivity index (χ4v) is 4.15. The van der Waals surface area contributed by atoms with Crippen molar-refractivity contribution in [2.75, 3.05) is 0 Å². The average Bonchev–Trinajstić information content (AvgIpc) is 2.62. The third kappa shape index (κ3) is 6.76. The molecule has 0 heterocycles. The van der Waals surface area contributed by atoms with Crippen LogP contribution in [0.5, 0.6) is 0 Å². The number of hydrogen-bond donors (Lipinski definition) is 1. The fourth-order valence-electron chi connectivity index (χ4n) is 2.72. The predicted octanol–water partition coefficient (Wildman–Crippen LogP) is 6.27. The predicted molar refractivity (Wildman–Crippen MR) is 120 cm³/mol. The fraction of sp³-hybridized carbons (Fsp3) is 0.417. The molecule has 0 saturated heterocycles. The van der Waals surface area contributed by atoms with Crippen LogP contribution >= 0.6 is 0 Å². The molecule has 27 heavy (non-hydrogen) atoms. The summed E-state index contributed by atoms with van der Waals surface area (Å²) >= 11 is 0. The van der Waals surface area contributed by atoms with Gasteiger partial charge in [-0.3, -0.25) is 0 Å². The Morgan fingerprint density at radius 1 is 0.963 bits per heavy atom. The van der Waals surface area contributed by atoms with E-state index in [0.717, 1.165) is 6.54 Å². The van der Waals surface area contributed by atoms with Gasteiger partial charge in [-0.1, -0.05) is 93.6 Å². The summed E-state index contributed by atoms with van der Waals surface area (Å²) < 4.78 is 6.67. The van der Waals surface area contributed by atoms with E-state index in [2.05, 4.69) is 113 Å². The van der Waals surface area contributed by atoms with Gasteiger partial charge in [0.25, 0.3) is 0 Å². The van der Waals surface area contributed by atoms with Crippen LogP contribution in [0, 0.1) is 0 Å². The van der Waals surface area contributed by atoms with Gasteiger partial charge in [-0.05, 0) is 36.2 Å². The smallest absolute Gasteiger partial charge is 0.192 e. The van der Waals surface area contributed by atoms with Gasteiger partial charge in [-0.2, -0.15) is 0 Å². The number of nitrogens with one attached hydrogen (secondary N) is 1. The van der Waals surface area contributed by atoms with E-state index in [1.165, 1.54) is 11.1 Å². The molecule has 0 unspecified atom stereocenters. The Bertz CT molecular complexity index is 704. The molecule has 0 radical (unpaired) electrons. The quantitative estimate of drug-likeness (QED) is 0.544. The maximum Gasteiger partial charge on any atom is 0.192 e. The van der Waals surface area contributed by atoms with Gasteiger partial charge in [0.1, 0.15) is 0 Å². The zero-order valence-electron chi connectivity index (χ0n) is 17.7.